The minimum absolute atomic E-state index is 0.0463. The lowest BCUT2D eigenvalue weighted by Gasteiger charge is -2.23. The van der Waals surface area contributed by atoms with Gasteiger partial charge in [-0.25, -0.2) is 9.59 Å². The molecule has 0 aliphatic heterocycles. The molecule has 0 spiro atoms. The highest BCUT2D eigenvalue weighted by Crippen LogP contribution is 2.28. The minimum atomic E-state index is -1.40. The van der Waals surface area contributed by atoms with Crippen LogP contribution in [0.15, 0.2) is 53.5 Å². The molecule has 0 bridgehead atoms. The predicted octanol–water partition coefficient (Wildman–Crippen LogP) is 2.17. The van der Waals surface area contributed by atoms with E-state index in [0.717, 1.165) is 0 Å². The number of carbonyl (C=O) groups is 3. The molecular formula is C24H28N3O7-. The van der Waals surface area contributed by atoms with Crippen molar-refractivity contribution in [3.63, 3.8) is 0 Å². The summed E-state index contributed by atoms with van der Waals surface area (Å²) in [6.07, 6.45) is -0.816. The number of hydrogen-bond donors (Lipinski definition) is 2. The maximum Gasteiger partial charge on any atom is 0.436 e. The number of ether oxygens (including phenoxy) is 3. The number of benzene rings is 2. The molecule has 2 aromatic carbocycles. The van der Waals surface area contributed by atoms with Crippen LogP contribution in [0.1, 0.15) is 44.9 Å². The first-order chi connectivity index (χ1) is 16.0. The van der Waals surface area contributed by atoms with Gasteiger partial charge in [0.1, 0.15) is 17.2 Å². The van der Waals surface area contributed by atoms with E-state index in [1.54, 1.807) is 76.2 Å². The van der Waals surface area contributed by atoms with E-state index in [-0.39, 0.29) is 30.4 Å². The van der Waals surface area contributed by atoms with Gasteiger partial charge in [-0.1, -0.05) is 18.2 Å². The van der Waals surface area contributed by atoms with E-state index in [1.165, 1.54) is 0 Å². The number of aliphatic carboxylic acids is 1. The van der Waals surface area contributed by atoms with Crippen LogP contribution in [0.2, 0.25) is 0 Å². The van der Waals surface area contributed by atoms with Gasteiger partial charge in [0.2, 0.25) is 0 Å². The fraction of sp³-hybridized carbons (Fsp3) is 0.333. The number of carboxylic acids is 1. The number of rotatable bonds is 9. The third kappa shape index (κ3) is 8.12. The quantitative estimate of drug-likeness (QED) is 0.319. The topological polar surface area (TPSA) is 152 Å². The van der Waals surface area contributed by atoms with E-state index in [2.05, 4.69) is 10.3 Å². The summed E-state index contributed by atoms with van der Waals surface area (Å²) in [4.78, 5) is 39.0. The van der Waals surface area contributed by atoms with Crippen molar-refractivity contribution in [2.75, 3.05) is 18.5 Å². The van der Waals surface area contributed by atoms with Crippen LogP contribution in [0.5, 0.6) is 5.75 Å². The summed E-state index contributed by atoms with van der Waals surface area (Å²) >= 11 is 0. The molecule has 1 atom stereocenters. The Kier molecular flexibility index (Phi) is 9.00. The van der Waals surface area contributed by atoms with Crippen molar-refractivity contribution in [2.24, 2.45) is 10.7 Å². The van der Waals surface area contributed by atoms with Crippen LogP contribution in [-0.4, -0.2) is 42.7 Å². The van der Waals surface area contributed by atoms with E-state index < -0.39 is 29.7 Å². The van der Waals surface area contributed by atoms with Crippen LogP contribution in [0, 0.1) is 0 Å². The first-order valence-electron chi connectivity index (χ1n) is 10.5. The van der Waals surface area contributed by atoms with Crippen molar-refractivity contribution in [1.29, 1.82) is 0 Å². The third-order valence-electron chi connectivity index (χ3n) is 4.21. The predicted molar refractivity (Wildman–Crippen MR) is 123 cm³/mol. The second-order valence-electron chi connectivity index (χ2n) is 8.08. The van der Waals surface area contributed by atoms with Crippen molar-refractivity contribution < 1.29 is 33.7 Å². The average molecular weight is 471 g/mol. The van der Waals surface area contributed by atoms with Crippen molar-refractivity contribution >= 4 is 29.6 Å². The van der Waals surface area contributed by atoms with Crippen LogP contribution in [0.25, 0.3) is 0 Å². The number of nitrogens with zero attached hydrogens (tertiary/aromatic N) is 1. The lowest BCUT2D eigenvalue weighted by molar-refractivity contribution is -0.307. The van der Waals surface area contributed by atoms with E-state index in [0.29, 0.717) is 11.3 Å². The number of hydrogen-bond acceptors (Lipinski definition) is 8. The summed E-state index contributed by atoms with van der Waals surface area (Å²) in [5.74, 6) is -1.82. The highest BCUT2D eigenvalue weighted by atomic mass is 16.6. The van der Waals surface area contributed by atoms with Crippen LogP contribution < -0.4 is 20.9 Å². The van der Waals surface area contributed by atoms with Gasteiger partial charge in [0.05, 0.1) is 18.6 Å². The molecule has 34 heavy (non-hydrogen) atoms. The maximum absolute atomic E-state index is 11.9. The number of aliphatic imine (C=N–C) groups is 1. The summed E-state index contributed by atoms with van der Waals surface area (Å²) in [6, 6.07) is 11.4. The molecule has 2 aromatic rings. The SMILES string of the molecule is CCOC(=O)COc1ccccc1C(Nc1ccc(/C(N)=N/C(=O)OC(C)(C)C)cc1)C(=O)[O-]. The number of nitrogens with two attached hydrogens (primary N) is 1. The van der Waals surface area contributed by atoms with Crippen molar-refractivity contribution in [1.82, 2.24) is 0 Å². The van der Waals surface area contributed by atoms with E-state index in [4.69, 9.17) is 19.9 Å². The molecular weight excluding hydrogens is 442 g/mol. The number of anilines is 1. The lowest BCUT2D eigenvalue weighted by Crippen LogP contribution is -2.34. The Morgan fingerprint density at radius 1 is 1.09 bits per heavy atom. The molecule has 1 unspecified atom stereocenters. The summed E-state index contributed by atoms with van der Waals surface area (Å²) in [5, 5.41) is 14.8. The number of carbonyl (C=O) groups excluding carboxylic acids is 3. The Labute approximate surface area is 197 Å². The van der Waals surface area contributed by atoms with Gasteiger partial charge in [-0.3, -0.25) is 0 Å². The zero-order chi connectivity index (χ0) is 25.3. The molecule has 0 aromatic heterocycles. The molecule has 0 fully saturated rings. The molecule has 10 heteroatoms. The fourth-order valence-corrected chi connectivity index (χ4v) is 2.80. The Morgan fingerprint density at radius 3 is 2.32 bits per heavy atom. The van der Waals surface area contributed by atoms with E-state index in [1.807, 2.05) is 0 Å². The fourth-order valence-electron chi connectivity index (χ4n) is 2.80. The zero-order valence-corrected chi connectivity index (χ0v) is 19.5. The number of amidine groups is 1. The van der Waals surface area contributed by atoms with E-state index >= 15 is 0 Å². The number of amides is 1. The van der Waals surface area contributed by atoms with Crippen molar-refractivity contribution in [2.45, 2.75) is 39.3 Å². The summed E-state index contributed by atoms with van der Waals surface area (Å²) in [5.41, 5.74) is 6.31. The Morgan fingerprint density at radius 2 is 1.74 bits per heavy atom. The number of nitrogens with one attached hydrogen (secondary N) is 1. The lowest BCUT2D eigenvalue weighted by atomic mass is 10.0. The summed E-state index contributed by atoms with van der Waals surface area (Å²) in [7, 11) is 0. The van der Waals surface area contributed by atoms with Crippen LogP contribution >= 0.6 is 0 Å². The van der Waals surface area contributed by atoms with Crippen molar-refractivity contribution in [3.05, 3.63) is 59.7 Å². The largest absolute Gasteiger partial charge is 0.548 e. The zero-order valence-electron chi connectivity index (χ0n) is 19.5. The maximum atomic E-state index is 11.9. The number of para-hydroxylation sites is 1. The van der Waals surface area contributed by atoms with Crippen LogP contribution in [0.3, 0.4) is 0 Å². The number of esters is 1. The van der Waals surface area contributed by atoms with Gasteiger partial charge in [-0.15, -0.1) is 0 Å². The molecule has 3 N–H and O–H groups in total. The molecule has 182 valence electrons. The average Bonchev–Trinajstić information content (AvgIpc) is 2.75. The smallest absolute Gasteiger partial charge is 0.436 e. The van der Waals surface area contributed by atoms with Crippen molar-refractivity contribution in [3.8, 4) is 5.75 Å². The second-order valence-corrected chi connectivity index (χ2v) is 8.08. The number of carboxylic acid groups (broad SMARTS) is 1. The first-order valence-corrected chi connectivity index (χ1v) is 10.5. The van der Waals surface area contributed by atoms with Gasteiger partial charge in [0, 0.05) is 16.8 Å². The third-order valence-corrected chi connectivity index (χ3v) is 4.21. The normalized spacial score (nSPS) is 12.4. The molecule has 0 saturated carbocycles. The standard InChI is InChI=1S/C24H29N3O7/c1-5-32-19(28)14-33-18-9-7-6-8-17(18)20(22(29)30)26-16-12-10-15(11-13-16)21(25)27-23(31)34-24(2,3)4/h6-13,20,26H,5,14H2,1-4H3,(H,29,30)(H2,25,27,31)/p-1. The summed E-state index contributed by atoms with van der Waals surface area (Å²) < 4.78 is 15.4. The Bertz CT molecular complexity index is 1040. The molecule has 10 nitrogen and oxygen atoms in total. The molecule has 1 amide bonds. The minimum Gasteiger partial charge on any atom is -0.548 e. The highest BCUT2D eigenvalue weighted by Gasteiger charge is 2.19. The van der Waals surface area contributed by atoms with Gasteiger partial charge in [-0.05, 0) is 58.0 Å². The molecule has 0 radical (unpaired) electrons. The molecule has 0 aliphatic rings. The van der Waals surface area contributed by atoms with Gasteiger partial charge >= 0.3 is 12.1 Å². The Balaban J connectivity index is 2.18. The molecule has 2 rings (SSSR count). The highest BCUT2D eigenvalue weighted by molar-refractivity contribution is 6.03. The monoisotopic (exact) mass is 470 g/mol. The summed E-state index contributed by atoms with van der Waals surface area (Å²) in [6.45, 7) is 6.65. The molecule has 0 aliphatic carbocycles. The Hall–Kier alpha value is -4.08. The van der Waals surface area contributed by atoms with Crippen LogP contribution in [-0.2, 0) is 19.1 Å². The van der Waals surface area contributed by atoms with Crippen LogP contribution in [0.4, 0.5) is 10.5 Å². The van der Waals surface area contributed by atoms with E-state index in [9.17, 15) is 19.5 Å². The second kappa shape index (κ2) is 11.7. The van der Waals surface area contributed by atoms with Gasteiger partial charge in [0.25, 0.3) is 0 Å². The molecule has 0 saturated heterocycles. The first kappa shape index (κ1) is 26.2. The van der Waals surface area contributed by atoms with Gasteiger partial charge in [-0.2, -0.15) is 4.99 Å². The van der Waals surface area contributed by atoms with Gasteiger partial charge in [0.15, 0.2) is 6.61 Å². The van der Waals surface area contributed by atoms with Gasteiger partial charge < -0.3 is 35.2 Å². The molecule has 0 heterocycles.